The molecule has 0 bridgehead atoms. The third-order valence-corrected chi connectivity index (χ3v) is 3.93. The molecule has 3 aromatic rings. The van der Waals surface area contributed by atoms with Crippen LogP contribution in [0.3, 0.4) is 0 Å². The van der Waals surface area contributed by atoms with Crippen LogP contribution in [0.1, 0.15) is 27.4 Å². The molecule has 0 radical (unpaired) electrons. The summed E-state index contributed by atoms with van der Waals surface area (Å²) in [5.74, 6) is -0.900. The quantitative estimate of drug-likeness (QED) is 0.231. The summed E-state index contributed by atoms with van der Waals surface area (Å²) >= 11 is 0. The first-order valence-corrected chi connectivity index (χ1v) is 8.85. The molecule has 13 heteroatoms. The Morgan fingerprint density at radius 1 is 1.22 bits per heavy atom. The van der Waals surface area contributed by atoms with Crippen molar-refractivity contribution in [1.29, 1.82) is 5.41 Å². The predicted molar refractivity (Wildman–Crippen MR) is 113 cm³/mol. The molecule has 10 nitrogen and oxygen atoms in total. The van der Waals surface area contributed by atoms with E-state index in [1.165, 1.54) is 12.3 Å². The van der Waals surface area contributed by atoms with Crippen molar-refractivity contribution in [3.05, 3.63) is 65.1 Å². The summed E-state index contributed by atoms with van der Waals surface area (Å²) in [4.78, 5) is 24.3. The number of hydrogen-bond acceptors (Lipinski definition) is 6. The van der Waals surface area contributed by atoms with Gasteiger partial charge in [0.1, 0.15) is 11.5 Å². The van der Waals surface area contributed by atoms with Crippen LogP contribution < -0.4 is 16.8 Å². The van der Waals surface area contributed by atoms with Crippen LogP contribution in [0.2, 0.25) is 0 Å². The highest BCUT2D eigenvalue weighted by Gasteiger charge is 2.33. The fraction of sp³-hybridized carbons (Fsp3) is 0.0526. The fourth-order valence-electron chi connectivity index (χ4n) is 2.41. The molecule has 0 aliphatic rings. The van der Waals surface area contributed by atoms with Crippen LogP contribution in [0.4, 0.5) is 30.4 Å². The molecule has 1 amide bonds. The fourth-order valence-corrected chi connectivity index (χ4v) is 2.41. The highest BCUT2D eigenvalue weighted by Crippen LogP contribution is 2.27. The minimum Gasteiger partial charge on any atom is -0.398 e. The van der Waals surface area contributed by atoms with Crippen molar-refractivity contribution in [3.8, 4) is 0 Å². The third-order valence-electron chi connectivity index (χ3n) is 3.93. The van der Waals surface area contributed by atoms with Gasteiger partial charge in [0.2, 0.25) is 5.96 Å². The van der Waals surface area contributed by atoms with Crippen molar-refractivity contribution in [3.63, 3.8) is 0 Å². The van der Waals surface area contributed by atoms with Crippen molar-refractivity contribution < 1.29 is 18.0 Å². The Morgan fingerprint density at radius 2 is 2.00 bits per heavy atom. The topological polar surface area (TPSA) is 171 Å². The van der Waals surface area contributed by atoms with Crippen molar-refractivity contribution >= 4 is 41.5 Å². The van der Waals surface area contributed by atoms with E-state index in [1.807, 2.05) is 0 Å². The maximum atomic E-state index is 12.6. The van der Waals surface area contributed by atoms with E-state index >= 15 is 0 Å². The number of nitrogens with two attached hydrogens (primary N) is 2. The third kappa shape index (κ3) is 5.53. The molecular weight excluding hydrogens is 427 g/mol. The van der Waals surface area contributed by atoms with Gasteiger partial charge in [0.15, 0.2) is 5.69 Å². The number of aromatic nitrogens is 3. The Morgan fingerprint density at radius 3 is 2.69 bits per heavy atom. The van der Waals surface area contributed by atoms with E-state index in [2.05, 4.69) is 25.4 Å². The van der Waals surface area contributed by atoms with Crippen LogP contribution in [-0.4, -0.2) is 39.5 Å². The van der Waals surface area contributed by atoms with Gasteiger partial charge in [-0.15, -0.1) is 0 Å². The summed E-state index contributed by atoms with van der Waals surface area (Å²) in [5, 5.41) is 14.8. The number of anilines is 2. The number of aliphatic imine (C=N–C) groups is 2. The van der Waals surface area contributed by atoms with E-state index in [0.717, 1.165) is 6.21 Å². The minimum absolute atomic E-state index is 0.0696. The first-order valence-electron chi connectivity index (χ1n) is 8.85. The molecule has 1 aromatic carbocycles. The minimum atomic E-state index is -4.64. The van der Waals surface area contributed by atoms with E-state index in [0.29, 0.717) is 28.7 Å². The molecule has 2 aromatic heterocycles. The van der Waals surface area contributed by atoms with Crippen molar-refractivity contribution in [2.45, 2.75) is 6.18 Å². The zero-order valence-corrected chi connectivity index (χ0v) is 16.2. The Bertz CT molecular complexity index is 1210. The van der Waals surface area contributed by atoms with Gasteiger partial charge in [0.05, 0.1) is 17.6 Å². The number of alkyl halides is 3. The first-order chi connectivity index (χ1) is 15.2. The van der Waals surface area contributed by atoms with Gasteiger partial charge in [0, 0.05) is 23.5 Å². The highest BCUT2D eigenvalue weighted by atomic mass is 19.4. The predicted octanol–water partition coefficient (Wildman–Crippen LogP) is 2.72. The molecule has 0 unspecified atom stereocenters. The number of H-pyrrole nitrogens is 1. The largest absolute Gasteiger partial charge is 0.432 e. The number of halogens is 3. The summed E-state index contributed by atoms with van der Waals surface area (Å²) in [7, 11) is 0. The van der Waals surface area contributed by atoms with Gasteiger partial charge in [-0.3, -0.25) is 9.89 Å². The summed E-state index contributed by atoms with van der Waals surface area (Å²) < 4.78 is 37.9. The molecule has 0 aliphatic carbocycles. The van der Waals surface area contributed by atoms with Gasteiger partial charge in [-0.05, 0) is 30.3 Å². The molecule has 0 saturated carbocycles. The number of nitrogens with zero attached hydrogens (tertiary/aromatic N) is 4. The van der Waals surface area contributed by atoms with E-state index in [4.69, 9.17) is 16.9 Å². The molecule has 164 valence electrons. The van der Waals surface area contributed by atoms with E-state index < -0.39 is 23.5 Å². The lowest BCUT2D eigenvalue weighted by Gasteiger charge is -2.03. The summed E-state index contributed by atoms with van der Waals surface area (Å²) in [5.41, 5.74) is 11.6. The summed E-state index contributed by atoms with van der Waals surface area (Å²) in [6.07, 6.45) is -2.26. The standard InChI is InChI=1S/C19H16F3N9O/c20-19(21,22)15-7-14(30-31-15)17(32)29-16-3-1-2-12(27-16)9-26-18(25)28-11-4-5-13(24)10(6-11)8-23/h1-9,23H,24H2,(H2,25,28)(H,30,31)(H,27,29,32)/b23-8?,26-9+. The normalized spacial score (nSPS) is 12.2. The van der Waals surface area contributed by atoms with Crippen LogP contribution in [0.5, 0.6) is 0 Å². The van der Waals surface area contributed by atoms with Crippen LogP contribution in [0.25, 0.3) is 0 Å². The van der Waals surface area contributed by atoms with Crippen LogP contribution in [0.15, 0.2) is 52.4 Å². The average Bonchev–Trinajstić information content (AvgIpc) is 3.25. The molecule has 3 rings (SSSR count). The second kappa shape index (κ2) is 9.07. The Labute approximate surface area is 178 Å². The number of pyridine rings is 1. The average molecular weight is 443 g/mol. The number of carbonyl (C=O) groups excluding carboxylic acids is 1. The highest BCUT2D eigenvalue weighted by molar-refractivity contribution is 6.02. The van der Waals surface area contributed by atoms with E-state index in [-0.39, 0.29) is 11.8 Å². The molecule has 2 heterocycles. The van der Waals surface area contributed by atoms with Gasteiger partial charge in [0.25, 0.3) is 5.91 Å². The van der Waals surface area contributed by atoms with E-state index in [1.54, 1.807) is 35.4 Å². The van der Waals surface area contributed by atoms with Gasteiger partial charge in [-0.25, -0.2) is 15.0 Å². The van der Waals surface area contributed by atoms with Gasteiger partial charge < -0.3 is 22.2 Å². The number of aromatic amines is 1. The smallest absolute Gasteiger partial charge is 0.398 e. The van der Waals surface area contributed by atoms with Crippen molar-refractivity contribution in [2.24, 2.45) is 15.7 Å². The molecule has 0 aliphatic heterocycles. The van der Waals surface area contributed by atoms with Crippen LogP contribution >= 0.6 is 0 Å². The second-order valence-electron chi connectivity index (χ2n) is 6.25. The Kier molecular flexibility index (Phi) is 6.28. The summed E-state index contributed by atoms with van der Waals surface area (Å²) in [6, 6.07) is 9.92. The lowest BCUT2D eigenvalue weighted by atomic mass is 10.2. The summed E-state index contributed by atoms with van der Waals surface area (Å²) in [6.45, 7) is 0. The number of amides is 1. The number of rotatable bonds is 5. The Hall–Kier alpha value is -4.55. The van der Waals surface area contributed by atoms with Gasteiger partial charge >= 0.3 is 6.18 Å². The SMILES string of the molecule is N=Cc1cc(N=C(N)/N=C/c2cccc(NC(=O)c3cc(C(F)(F)F)[nH]n3)n2)ccc1N. The van der Waals surface area contributed by atoms with Crippen molar-refractivity contribution in [2.75, 3.05) is 11.1 Å². The van der Waals surface area contributed by atoms with Gasteiger partial charge in [-0.1, -0.05) is 6.07 Å². The zero-order valence-electron chi connectivity index (χ0n) is 16.2. The molecule has 7 N–H and O–H groups in total. The van der Waals surface area contributed by atoms with Crippen LogP contribution in [-0.2, 0) is 6.18 Å². The lowest BCUT2D eigenvalue weighted by molar-refractivity contribution is -0.141. The molecular formula is C19H16F3N9O. The van der Waals surface area contributed by atoms with E-state index in [9.17, 15) is 18.0 Å². The monoisotopic (exact) mass is 443 g/mol. The number of benzene rings is 1. The second-order valence-corrected chi connectivity index (χ2v) is 6.25. The van der Waals surface area contributed by atoms with Gasteiger partial charge in [-0.2, -0.15) is 18.3 Å². The molecule has 0 atom stereocenters. The zero-order chi connectivity index (χ0) is 23.3. The number of guanidine groups is 1. The maximum absolute atomic E-state index is 12.6. The maximum Gasteiger partial charge on any atom is 0.432 e. The number of nitrogen functional groups attached to an aromatic ring is 1. The molecule has 32 heavy (non-hydrogen) atoms. The molecule has 0 saturated heterocycles. The molecule has 0 spiro atoms. The number of hydrogen-bond donors (Lipinski definition) is 5. The first kappa shape index (κ1) is 22.1. The number of carbonyl (C=O) groups is 1. The molecule has 0 fully saturated rings. The lowest BCUT2D eigenvalue weighted by Crippen LogP contribution is -2.14. The Balaban J connectivity index is 1.70. The number of nitrogens with one attached hydrogen (secondary N) is 3. The van der Waals surface area contributed by atoms with Crippen molar-refractivity contribution in [1.82, 2.24) is 15.2 Å². The van der Waals surface area contributed by atoms with Crippen LogP contribution in [0, 0.1) is 5.41 Å².